The number of hydrogen-bond donors (Lipinski definition) is 1. The van der Waals surface area contributed by atoms with Gasteiger partial charge in [-0.3, -0.25) is 4.98 Å². The van der Waals surface area contributed by atoms with Gasteiger partial charge < -0.3 is 15.0 Å². The molecule has 1 aliphatic heterocycles. The summed E-state index contributed by atoms with van der Waals surface area (Å²) in [5.41, 5.74) is 1.02. The molecule has 1 saturated carbocycles. The molecule has 0 bridgehead atoms. The SMILES string of the molecule is CCNCc1cncc(N2CCOC3CCCCC32)n1. The Hall–Kier alpha value is -1.20. The molecule has 0 amide bonds. The molecule has 0 aromatic carbocycles. The van der Waals surface area contributed by atoms with Gasteiger partial charge in [0.2, 0.25) is 0 Å². The summed E-state index contributed by atoms with van der Waals surface area (Å²) in [5.74, 6) is 1.01. The number of nitrogens with zero attached hydrogens (tertiary/aromatic N) is 3. The highest BCUT2D eigenvalue weighted by Crippen LogP contribution is 2.30. The van der Waals surface area contributed by atoms with Crippen LogP contribution in [0, 0.1) is 0 Å². The average Bonchev–Trinajstić information content (AvgIpc) is 2.52. The molecule has 1 aromatic heterocycles. The number of hydrogen-bond acceptors (Lipinski definition) is 5. The molecule has 1 aromatic rings. The maximum atomic E-state index is 5.93. The summed E-state index contributed by atoms with van der Waals surface area (Å²) >= 11 is 0. The van der Waals surface area contributed by atoms with Gasteiger partial charge in [0, 0.05) is 19.3 Å². The second kappa shape index (κ2) is 6.50. The lowest BCUT2D eigenvalue weighted by Crippen LogP contribution is -2.53. The summed E-state index contributed by atoms with van der Waals surface area (Å²) in [6.45, 7) is 5.58. The first kappa shape index (κ1) is 13.8. The molecule has 2 fully saturated rings. The Balaban J connectivity index is 1.76. The van der Waals surface area contributed by atoms with E-state index < -0.39 is 0 Å². The van der Waals surface area contributed by atoms with Crippen LogP contribution in [0.2, 0.25) is 0 Å². The minimum atomic E-state index is 0.386. The van der Waals surface area contributed by atoms with Crippen LogP contribution >= 0.6 is 0 Å². The zero-order valence-electron chi connectivity index (χ0n) is 12.2. The molecule has 2 aliphatic rings. The van der Waals surface area contributed by atoms with Crippen LogP contribution in [0.15, 0.2) is 12.4 Å². The fourth-order valence-electron chi connectivity index (χ4n) is 3.25. The molecule has 20 heavy (non-hydrogen) atoms. The number of fused-ring (bicyclic) bond motifs is 1. The third-order valence-corrected chi connectivity index (χ3v) is 4.25. The molecular weight excluding hydrogens is 252 g/mol. The van der Waals surface area contributed by atoms with Crippen molar-refractivity contribution in [1.29, 1.82) is 0 Å². The van der Waals surface area contributed by atoms with E-state index in [9.17, 15) is 0 Å². The van der Waals surface area contributed by atoms with E-state index in [0.29, 0.717) is 12.1 Å². The molecule has 1 N–H and O–H groups in total. The largest absolute Gasteiger partial charge is 0.374 e. The predicted molar refractivity (Wildman–Crippen MR) is 78.8 cm³/mol. The first-order valence-electron chi connectivity index (χ1n) is 7.78. The monoisotopic (exact) mass is 276 g/mol. The number of ether oxygens (including phenoxy) is 1. The van der Waals surface area contributed by atoms with Crippen molar-refractivity contribution in [2.45, 2.75) is 51.3 Å². The van der Waals surface area contributed by atoms with Crippen molar-refractivity contribution >= 4 is 5.82 Å². The Labute approximate surface area is 120 Å². The maximum Gasteiger partial charge on any atom is 0.147 e. The third kappa shape index (κ3) is 2.94. The lowest BCUT2D eigenvalue weighted by Gasteiger charge is -2.44. The van der Waals surface area contributed by atoms with Crippen LogP contribution < -0.4 is 10.2 Å². The van der Waals surface area contributed by atoms with Gasteiger partial charge in [-0.2, -0.15) is 0 Å². The van der Waals surface area contributed by atoms with Gasteiger partial charge in [-0.25, -0.2) is 4.98 Å². The number of morpholine rings is 1. The van der Waals surface area contributed by atoms with E-state index in [1.54, 1.807) is 0 Å². The molecular formula is C15H24N4O. The van der Waals surface area contributed by atoms with E-state index in [-0.39, 0.29) is 0 Å². The number of aromatic nitrogens is 2. The van der Waals surface area contributed by atoms with Crippen molar-refractivity contribution in [3.05, 3.63) is 18.1 Å². The quantitative estimate of drug-likeness (QED) is 0.907. The molecule has 110 valence electrons. The molecule has 5 nitrogen and oxygen atoms in total. The average molecular weight is 276 g/mol. The number of rotatable bonds is 4. The van der Waals surface area contributed by atoms with Gasteiger partial charge in [0.1, 0.15) is 5.82 Å². The second-order valence-electron chi connectivity index (χ2n) is 5.60. The van der Waals surface area contributed by atoms with Crippen LogP contribution in [0.4, 0.5) is 5.82 Å². The van der Waals surface area contributed by atoms with E-state index in [1.807, 2.05) is 12.4 Å². The van der Waals surface area contributed by atoms with Gasteiger partial charge in [0.25, 0.3) is 0 Å². The first-order valence-corrected chi connectivity index (χ1v) is 7.78. The van der Waals surface area contributed by atoms with Crippen LogP contribution in [0.5, 0.6) is 0 Å². The van der Waals surface area contributed by atoms with Gasteiger partial charge in [0.05, 0.1) is 30.6 Å². The van der Waals surface area contributed by atoms with Crippen molar-refractivity contribution in [2.75, 3.05) is 24.6 Å². The number of anilines is 1. The Morgan fingerprint density at radius 3 is 3.15 bits per heavy atom. The molecule has 5 heteroatoms. The normalized spacial score (nSPS) is 26.4. The van der Waals surface area contributed by atoms with E-state index >= 15 is 0 Å². The van der Waals surface area contributed by atoms with E-state index in [0.717, 1.165) is 37.8 Å². The van der Waals surface area contributed by atoms with Crippen LogP contribution in [0.1, 0.15) is 38.3 Å². The van der Waals surface area contributed by atoms with Crippen molar-refractivity contribution in [2.24, 2.45) is 0 Å². The molecule has 2 heterocycles. The van der Waals surface area contributed by atoms with E-state index in [1.165, 1.54) is 25.7 Å². The molecule has 0 spiro atoms. The predicted octanol–water partition coefficient (Wildman–Crippen LogP) is 1.73. The van der Waals surface area contributed by atoms with Gasteiger partial charge in [-0.15, -0.1) is 0 Å². The number of nitrogens with one attached hydrogen (secondary N) is 1. The molecule has 1 aliphatic carbocycles. The van der Waals surface area contributed by atoms with Crippen molar-refractivity contribution in [3.8, 4) is 0 Å². The molecule has 1 saturated heterocycles. The van der Waals surface area contributed by atoms with E-state index in [4.69, 9.17) is 9.72 Å². The van der Waals surface area contributed by atoms with E-state index in [2.05, 4.69) is 22.1 Å². The van der Waals surface area contributed by atoms with Crippen LogP contribution in [-0.4, -0.2) is 41.8 Å². The smallest absolute Gasteiger partial charge is 0.147 e. The highest BCUT2D eigenvalue weighted by molar-refractivity contribution is 5.39. The Morgan fingerprint density at radius 2 is 2.25 bits per heavy atom. The summed E-state index contributed by atoms with van der Waals surface area (Å²) in [7, 11) is 0. The molecule has 2 atom stereocenters. The molecule has 0 radical (unpaired) electrons. The maximum absolute atomic E-state index is 5.93. The summed E-state index contributed by atoms with van der Waals surface area (Å²) in [4.78, 5) is 11.5. The van der Waals surface area contributed by atoms with Crippen LogP contribution in [0.25, 0.3) is 0 Å². The minimum Gasteiger partial charge on any atom is -0.374 e. The fourth-order valence-corrected chi connectivity index (χ4v) is 3.25. The van der Waals surface area contributed by atoms with Crippen molar-refractivity contribution in [1.82, 2.24) is 15.3 Å². The molecule has 2 unspecified atom stereocenters. The minimum absolute atomic E-state index is 0.386. The lowest BCUT2D eigenvalue weighted by atomic mass is 9.90. The molecule has 3 rings (SSSR count). The lowest BCUT2D eigenvalue weighted by molar-refractivity contribution is -0.00902. The van der Waals surface area contributed by atoms with Crippen LogP contribution in [0.3, 0.4) is 0 Å². The van der Waals surface area contributed by atoms with Crippen LogP contribution in [-0.2, 0) is 11.3 Å². The van der Waals surface area contributed by atoms with Gasteiger partial charge >= 0.3 is 0 Å². The van der Waals surface area contributed by atoms with Gasteiger partial charge in [-0.05, 0) is 19.4 Å². The fraction of sp³-hybridized carbons (Fsp3) is 0.733. The summed E-state index contributed by atoms with van der Waals surface area (Å²) < 4.78 is 5.93. The topological polar surface area (TPSA) is 50.3 Å². The van der Waals surface area contributed by atoms with Gasteiger partial charge in [0.15, 0.2) is 0 Å². The summed E-state index contributed by atoms with van der Waals surface area (Å²) in [6, 6.07) is 0.487. The summed E-state index contributed by atoms with van der Waals surface area (Å²) in [5, 5.41) is 3.31. The van der Waals surface area contributed by atoms with Crippen molar-refractivity contribution in [3.63, 3.8) is 0 Å². The Bertz CT molecular complexity index is 438. The van der Waals surface area contributed by atoms with Crippen molar-refractivity contribution < 1.29 is 4.74 Å². The standard InChI is InChI=1S/C15H24N4O/c1-2-16-9-12-10-17-11-15(18-12)19-7-8-20-14-6-4-3-5-13(14)19/h10-11,13-14,16H,2-9H2,1H3. The zero-order valence-corrected chi connectivity index (χ0v) is 12.2. The highest BCUT2D eigenvalue weighted by Gasteiger charge is 2.34. The highest BCUT2D eigenvalue weighted by atomic mass is 16.5. The summed E-state index contributed by atoms with van der Waals surface area (Å²) in [6.07, 6.45) is 9.12. The Morgan fingerprint density at radius 1 is 1.35 bits per heavy atom. The Kier molecular flexibility index (Phi) is 4.47. The zero-order chi connectivity index (χ0) is 13.8. The van der Waals surface area contributed by atoms with Gasteiger partial charge in [-0.1, -0.05) is 19.8 Å². The second-order valence-corrected chi connectivity index (χ2v) is 5.60. The first-order chi connectivity index (χ1) is 9.88. The third-order valence-electron chi connectivity index (χ3n) is 4.25.